The van der Waals surface area contributed by atoms with Crippen molar-refractivity contribution in [2.75, 3.05) is 0 Å². The molecule has 7 nitrogen and oxygen atoms in total. The molecule has 0 aliphatic carbocycles. The zero-order chi connectivity index (χ0) is 13.2. The molecule has 2 aromatic rings. The highest BCUT2D eigenvalue weighted by Gasteiger charge is 2.19. The lowest BCUT2D eigenvalue weighted by atomic mass is 10.4. The van der Waals surface area contributed by atoms with Crippen molar-refractivity contribution in [2.45, 2.75) is 25.0 Å². The van der Waals surface area contributed by atoms with Gasteiger partial charge in [-0.15, -0.1) is 11.3 Å². The Morgan fingerprint density at radius 2 is 2.28 bits per heavy atom. The molecule has 0 atom stereocenters. The van der Waals surface area contributed by atoms with E-state index in [1.807, 2.05) is 6.92 Å². The van der Waals surface area contributed by atoms with Gasteiger partial charge in [-0.05, 0) is 6.92 Å². The quantitative estimate of drug-likeness (QED) is 0.722. The van der Waals surface area contributed by atoms with Crippen LogP contribution in [-0.2, 0) is 23.1 Å². The number of rotatable bonds is 5. The second-order valence-electron chi connectivity index (χ2n) is 3.60. The van der Waals surface area contributed by atoms with E-state index in [0.29, 0.717) is 5.56 Å². The van der Waals surface area contributed by atoms with E-state index < -0.39 is 10.0 Å². The van der Waals surface area contributed by atoms with E-state index in [9.17, 15) is 8.42 Å². The second kappa shape index (κ2) is 5.14. The van der Waals surface area contributed by atoms with Crippen LogP contribution in [0.15, 0.2) is 17.4 Å². The Labute approximate surface area is 108 Å². The highest BCUT2D eigenvalue weighted by atomic mass is 32.2. The number of aromatic nitrogens is 3. The number of nitrogens with two attached hydrogens (primary N) is 1. The topological polar surface area (TPSA) is 114 Å². The number of nitrogens with one attached hydrogen (secondary N) is 2. The smallest absolute Gasteiger partial charge is 0.258 e. The second-order valence-corrected chi connectivity index (χ2v) is 6.62. The molecule has 2 aromatic heterocycles. The van der Waals surface area contributed by atoms with Gasteiger partial charge >= 0.3 is 0 Å². The fraction of sp³-hybridized carbons (Fsp3) is 0.333. The van der Waals surface area contributed by atoms with E-state index >= 15 is 0 Å². The van der Waals surface area contributed by atoms with Crippen molar-refractivity contribution in [3.63, 3.8) is 0 Å². The molecule has 0 saturated heterocycles. The molecule has 2 heterocycles. The lowest BCUT2D eigenvalue weighted by Gasteiger charge is -2.04. The summed E-state index contributed by atoms with van der Waals surface area (Å²) in [7, 11) is -3.62. The van der Waals surface area contributed by atoms with Gasteiger partial charge in [0.25, 0.3) is 10.0 Å². The van der Waals surface area contributed by atoms with E-state index in [4.69, 9.17) is 5.73 Å². The molecule has 18 heavy (non-hydrogen) atoms. The summed E-state index contributed by atoms with van der Waals surface area (Å²) in [6, 6.07) is 0. The summed E-state index contributed by atoms with van der Waals surface area (Å²) in [6.07, 6.45) is 3.06. The third-order valence-electron chi connectivity index (χ3n) is 2.27. The number of H-pyrrole nitrogens is 1. The normalized spacial score (nSPS) is 11.9. The van der Waals surface area contributed by atoms with Crippen LogP contribution in [0.3, 0.4) is 0 Å². The molecule has 0 amide bonds. The number of hydrogen-bond acceptors (Lipinski definition) is 6. The number of aromatic amines is 1. The van der Waals surface area contributed by atoms with E-state index in [-0.39, 0.29) is 18.1 Å². The van der Waals surface area contributed by atoms with Gasteiger partial charge in [0.2, 0.25) is 0 Å². The fourth-order valence-corrected chi connectivity index (χ4v) is 3.37. The molecule has 0 unspecified atom stereocenters. The first-order valence-corrected chi connectivity index (χ1v) is 7.46. The molecule has 2 rings (SSSR count). The maximum Gasteiger partial charge on any atom is 0.258 e. The van der Waals surface area contributed by atoms with Crippen molar-refractivity contribution >= 4 is 21.4 Å². The molecule has 0 aliphatic rings. The first-order valence-electron chi connectivity index (χ1n) is 5.16. The average molecular weight is 287 g/mol. The summed E-state index contributed by atoms with van der Waals surface area (Å²) < 4.78 is 26.5. The van der Waals surface area contributed by atoms with Gasteiger partial charge in [-0.1, -0.05) is 0 Å². The molecule has 0 aromatic carbocycles. The lowest BCUT2D eigenvalue weighted by Crippen LogP contribution is -2.24. The molecule has 0 saturated carbocycles. The minimum absolute atomic E-state index is 0.0197. The van der Waals surface area contributed by atoms with Gasteiger partial charge in [0.15, 0.2) is 5.03 Å². The monoisotopic (exact) mass is 287 g/mol. The van der Waals surface area contributed by atoms with Crippen LogP contribution in [0.1, 0.15) is 15.4 Å². The number of hydrogen-bond donors (Lipinski definition) is 3. The zero-order valence-electron chi connectivity index (χ0n) is 9.67. The van der Waals surface area contributed by atoms with Gasteiger partial charge in [0.05, 0.1) is 11.2 Å². The minimum Gasteiger partial charge on any atom is -0.326 e. The first-order chi connectivity index (χ1) is 8.53. The standard InChI is InChI=1S/C9H13N5O2S2/c1-6-11-4-8(17-6)5-13-18(15,16)9-7(2-10)3-12-14-9/h3-4,13H,2,5,10H2,1H3,(H,12,14). The van der Waals surface area contributed by atoms with Crippen molar-refractivity contribution in [3.05, 3.63) is 27.8 Å². The van der Waals surface area contributed by atoms with Crippen LogP contribution in [0.25, 0.3) is 0 Å². The molecule has 9 heteroatoms. The number of nitrogens with zero attached hydrogens (tertiary/aromatic N) is 2. The summed E-state index contributed by atoms with van der Waals surface area (Å²) in [5, 5.41) is 7.05. The predicted octanol–water partition coefficient (Wildman–Crippen LogP) is 0.112. The van der Waals surface area contributed by atoms with Gasteiger partial charge < -0.3 is 5.73 Å². The first kappa shape index (κ1) is 13.1. The van der Waals surface area contributed by atoms with Crippen molar-refractivity contribution in [1.82, 2.24) is 19.9 Å². The van der Waals surface area contributed by atoms with Crippen LogP contribution in [0, 0.1) is 6.92 Å². The summed E-state index contributed by atoms with van der Waals surface area (Å²) in [5.41, 5.74) is 5.90. The molecular formula is C9H13N5O2S2. The molecule has 0 bridgehead atoms. The SMILES string of the molecule is Cc1ncc(CNS(=O)(=O)c2[nH]ncc2CN)s1. The van der Waals surface area contributed by atoms with Crippen LogP contribution >= 0.6 is 11.3 Å². The fourth-order valence-electron chi connectivity index (χ4n) is 1.40. The van der Waals surface area contributed by atoms with Crippen molar-refractivity contribution in [3.8, 4) is 0 Å². The molecule has 0 fully saturated rings. The van der Waals surface area contributed by atoms with E-state index in [0.717, 1.165) is 9.88 Å². The van der Waals surface area contributed by atoms with Crippen LogP contribution in [0.4, 0.5) is 0 Å². The molecule has 0 aliphatic heterocycles. The number of sulfonamides is 1. The number of aryl methyl sites for hydroxylation is 1. The molecule has 0 radical (unpaired) electrons. The molecule has 0 spiro atoms. The Morgan fingerprint density at radius 1 is 1.50 bits per heavy atom. The highest BCUT2D eigenvalue weighted by Crippen LogP contribution is 2.14. The van der Waals surface area contributed by atoms with Crippen LogP contribution < -0.4 is 10.5 Å². The maximum absolute atomic E-state index is 12.0. The van der Waals surface area contributed by atoms with E-state index in [1.165, 1.54) is 17.5 Å². The Hall–Kier alpha value is -1.29. The summed E-state index contributed by atoms with van der Waals surface area (Å²) >= 11 is 1.45. The van der Waals surface area contributed by atoms with Crippen molar-refractivity contribution in [2.24, 2.45) is 5.73 Å². The maximum atomic E-state index is 12.0. The highest BCUT2D eigenvalue weighted by molar-refractivity contribution is 7.89. The van der Waals surface area contributed by atoms with Crippen LogP contribution in [0.5, 0.6) is 0 Å². The van der Waals surface area contributed by atoms with Crippen LogP contribution in [0.2, 0.25) is 0 Å². The van der Waals surface area contributed by atoms with Gasteiger partial charge in [-0.3, -0.25) is 5.10 Å². The largest absolute Gasteiger partial charge is 0.326 e. The summed E-state index contributed by atoms with van der Waals surface area (Å²) in [5.74, 6) is 0. The summed E-state index contributed by atoms with van der Waals surface area (Å²) in [6.45, 7) is 2.19. The molecule has 4 N–H and O–H groups in total. The Kier molecular flexibility index (Phi) is 3.76. The van der Waals surface area contributed by atoms with E-state index in [1.54, 1.807) is 6.20 Å². The van der Waals surface area contributed by atoms with Gasteiger partial charge in [-0.25, -0.2) is 18.1 Å². The van der Waals surface area contributed by atoms with Gasteiger partial charge in [0.1, 0.15) is 0 Å². The van der Waals surface area contributed by atoms with Gasteiger partial charge in [-0.2, -0.15) is 5.10 Å². The molecular weight excluding hydrogens is 274 g/mol. The van der Waals surface area contributed by atoms with Gasteiger partial charge in [0, 0.05) is 29.7 Å². The predicted molar refractivity (Wildman–Crippen MR) is 67.4 cm³/mol. The average Bonchev–Trinajstić information content (AvgIpc) is 2.95. The Bertz CT molecular complexity index is 631. The minimum atomic E-state index is -3.62. The van der Waals surface area contributed by atoms with Crippen LogP contribution in [-0.4, -0.2) is 23.6 Å². The Morgan fingerprint density at radius 3 is 2.89 bits per heavy atom. The van der Waals surface area contributed by atoms with Crippen molar-refractivity contribution < 1.29 is 8.42 Å². The zero-order valence-corrected chi connectivity index (χ0v) is 11.3. The third kappa shape index (κ3) is 2.75. The summed E-state index contributed by atoms with van der Waals surface area (Å²) in [4.78, 5) is 4.91. The van der Waals surface area contributed by atoms with Crippen molar-refractivity contribution in [1.29, 1.82) is 0 Å². The Balaban J connectivity index is 2.13. The number of thiazole rings is 1. The van der Waals surface area contributed by atoms with E-state index in [2.05, 4.69) is 19.9 Å². The lowest BCUT2D eigenvalue weighted by molar-refractivity contribution is 0.576. The molecule has 98 valence electrons. The third-order valence-corrected chi connectivity index (χ3v) is 4.60.